The molecule has 7 rings (SSSR count). The van der Waals surface area contributed by atoms with Crippen LogP contribution in [0.15, 0.2) is 85.2 Å². The molecule has 0 spiro atoms. The Morgan fingerprint density at radius 2 is 1.55 bits per heavy atom. The lowest BCUT2D eigenvalue weighted by atomic mass is 10.1. The standard InChI is InChI=1S/C30H27N7O3/c38-30(32-22-8-9-25-26(18-22)40-20-39-25)17-21-19-37(24-6-2-1-5-23(21)24)29-11-10-28(33-34-29)36-15-13-35(14-16-36)27-7-3-4-12-31-27/h1-12,18-19H,13-17,20H2,(H,32,38). The van der Waals surface area contributed by atoms with Gasteiger partial charge in [-0.15, -0.1) is 10.2 Å². The zero-order chi connectivity index (χ0) is 26.9. The SMILES string of the molecule is O=C(Cc1cn(-c2ccc(N3CCN(c4ccccn4)CC3)nn2)c2ccccc12)Nc1ccc2c(c1)OCO2. The molecule has 40 heavy (non-hydrogen) atoms. The molecule has 0 atom stereocenters. The van der Waals surface area contributed by atoms with E-state index < -0.39 is 0 Å². The van der Waals surface area contributed by atoms with Crippen molar-refractivity contribution in [3.05, 3.63) is 90.8 Å². The summed E-state index contributed by atoms with van der Waals surface area (Å²) in [6.45, 7) is 3.64. The topological polar surface area (TPSA) is 97.6 Å². The number of nitrogens with one attached hydrogen (secondary N) is 1. The Labute approximate surface area is 230 Å². The van der Waals surface area contributed by atoms with E-state index in [0.29, 0.717) is 23.0 Å². The van der Waals surface area contributed by atoms with Crippen LogP contribution in [0.2, 0.25) is 0 Å². The van der Waals surface area contributed by atoms with Crippen molar-refractivity contribution in [3.8, 4) is 17.3 Å². The molecule has 2 aliphatic heterocycles. The predicted octanol–water partition coefficient (Wildman–Crippen LogP) is 4.05. The number of hydrogen-bond donors (Lipinski definition) is 1. The average Bonchev–Trinajstić information content (AvgIpc) is 3.62. The third kappa shape index (κ3) is 4.64. The van der Waals surface area contributed by atoms with Gasteiger partial charge in [0.25, 0.3) is 0 Å². The van der Waals surface area contributed by atoms with Gasteiger partial charge in [0.2, 0.25) is 12.7 Å². The highest BCUT2D eigenvalue weighted by Gasteiger charge is 2.20. The summed E-state index contributed by atoms with van der Waals surface area (Å²) in [6, 6.07) is 23.4. The second-order valence-corrected chi connectivity index (χ2v) is 9.75. The number of piperazine rings is 1. The summed E-state index contributed by atoms with van der Waals surface area (Å²) in [4.78, 5) is 22.0. The van der Waals surface area contributed by atoms with Crippen LogP contribution in [0.5, 0.6) is 11.5 Å². The molecule has 3 aromatic heterocycles. The maximum absolute atomic E-state index is 13.0. The molecule has 10 nitrogen and oxygen atoms in total. The minimum Gasteiger partial charge on any atom is -0.454 e. The number of pyridine rings is 1. The fourth-order valence-corrected chi connectivity index (χ4v) is 5.25. The van der Waals surface area contributed by atoms with Gasteiger partial charge in [0.15, 0.2) is 23.1 Å². The van der Waals surface area contributed by atoms with Gasteiger partial charge in [0.05, 0.1) is 11.9 Å². The van der Waals surface area contributed by atoms with E-state index in [1.807, 2.05) is 77.6 Å². The van der Waals surface area contributed by atoms with Crippen molar-refractivity contribution in [3.63, 3.8) is 0 Å². The van der Waals surface area contributed by atoms with Crippen molar-refractivity contribution < 1.29 is 14.3 Å². The number of anilines is 3. The highest BCUT2D eigenvalue weighted by Crippen LogP contribution is 2.34. The largest absolute Gasteiger partial charge is 0.454 e. The van der Waals surface area contributed by atoms with Crippen LogP contribution in [-0.4, -0.2) is 58.6 Å². The smallest absolute Gasteiger partial charge is 0.231 e. The Morgan fingerprint density at radius 3 is 2.35 bits per heavy atom. The second-order valence-electron chi connectivity index (χ2n) is 9.75. The Bertz CT molecular complexity index is 1660. The van der Waals surface area contributed by atoms with E-state index in [-0.39, 0.29) is 19.1 Å². The van der Waals surface area contributed by atoms with E-state index in [0.717, 1.165) is 54.3 Å². The summed E-state index contributed by atoms with van der Waals surface area (Å²) in [5.74, 6) is 3.75. The van der Waals surface area contributed by atoms with Crippen LogP contribution in [0.25, 0.3) is 16.7 Å². The first kappa shape index (κ1) is 24.0. The minimum absolute atomic E-state index is 0.118. The summed E-state index contributed by atoms with van der Waals surface area (Å²) in [7, 11) is 0. The molecule has 1 fully saturated rings. The predicted molar refractivity (Wildman–Crippen MR) is 152 cm³/mol. The molecule has 0 radical (unpaired) electrons. The van der Waals surface area contributed by atoms with Crippen molar-refractivity contribution in [2.24, 2.45) is 0 Å². The maximum Gasteiger partial charge on any atom is 0.231 e. The lowest BCUT2D eigenvalue weighted by molar-refractivity contribution is -0.115. The average molecular weight is 534 g/mol. The van der Waals surface area contributed by atoms with Crippen molar-refractivity contribution in [2.45, 2.75) is 6.42 Å². The van der Waals surface area contributed by atoms with Crippen LogP contribution in [0.1, 0.15) is 5.56 Å². The highest BCUT2D eigenvalue weighted by atomic mass is 16.7. The zero-order valence-corrected chi connectivity index (χ0v) is 21.7. The number of hydrogen-bond acceptors (Lipinski definition) is 8. The molecule has 2 aliphatic rings. The first-order valence-electron chi connectivity index (χ1n) is 13.2. The molecule has 1 amide bonds. The molecule has 0 aliphatic carbocycles. The Kier molecular flexibility index (Phi) is 6.12. The number of ether oxygens (including phenoxy) is 2. The minimum atomic E-state index is -0.118. The molecule has 5 aromatic rings. The van der Waals surface area contributed by atoms with Crippen LogP contribution in [0.3, 0.4) is 0 Å². The quantitative estimate of drug-likeness (QED) is 0.349. The molecule has 1 N–H and O–H groups in total. The van der Waals surface area contributed by atoms with E-state index in [1.165, 1.54) is 0 Å². The van der Waals surface area contributed by atoms with Gasteiger partial charge < -0.3 is 24.6 Å². The number of fused-ring (bicyclic) bond motifs is 2. The van der Waals surface area contributed by atoms with Crippen molar-refractivity contribution in [1.29, 1.82) is 0 Å². The monoisotopic (exact) mass is 533 g/mol. The van der Waals surface area contributed by atoms with E-state index in [2.05, 4.69) is 30.3 Å². The molecule has 5 heterocycles. The van der Waals surface area contributed by atoms with E-state index in [4.69, 9.17) is 9.47 Å². The number of benzene rings is 2. The normalized spacial score (nSPS) is 14.5. The van der Waals surface area contributed by atoms with Gasteiger partial charge in [0.1, 0.15) is 5.82 Å². The molecular formula is C30H27N7O3. The van der Waals surface area contributed by atoms with Gasteiger partial charge in [-0.05, 0) is 48.0 Å². The molecule has 0 bridgehead atoms. The summed E-state index contributed by atoms with van der Waals surface area (Å²) in [6.07, 6.45) is 4.02. The number of nitrogens with zero attached hydrogens (tertiary/aromatic N) is 6. The molecule has 0 saturated carbocycles. The summed E-state index contributed by atoms with van der Waals surface area (Å²) in [5.41, 5.74) is 2.55. The lowest BCUT2D eigenvalue weighted by Gasteiger charge is -2.35. The Morgan fingerprint density at radius 1 is 0.800 bits per heavy atom. The zero-order valence-electron chi connectivity index (χ0n) is 21.7. The van der Waals surface area contributed by atoms with Gasteiger partial charge in [0, 0.05) is 55.7 Å². The second kappa shape index (κ2) is 10.2. The summed E-state index contributed by atoms with van der Waals surface area (Å²) >= 11 is 0. The number of amides is 1. The lowest BCUT2D eigenvalue weighted by Crippen LogP contribution is -2.47. The van der Waals surface area contributed by atoms with Gasteiger partial charge in [-0.3, -0.25) is 9.36 Å². The van der Waals surface area contributed by atoms with E-state index in [9.17, 15) is 4.79 Å². The molecule has 200 valence electrons. The van der Waals surface area contributed by atoms with Gasteiger partial charge >= 0.3 is 0 Å². The third-order valence-corrected chi connectivity index (χ3v) is 7.26. The highest BCUT2D eigenvalue weighted by molar-refractivity contribution is 5.96. The Hall–Kier alpha value is -5.12. The third-order valence-electron chi connectivity index (χ3n) is 7.26. The number of rotatable bonds is 6. The van der Waals surface area contributed by atoms with Crippen molar-refractivity contribution in [2.75, 3.05) is 48.1 Å². The Balaban J connectivity index is 1.06. The van der Waals surface area contributed by atoms with Crippen LogP contribution in [0, 0.1) is 0 Å². The van der Waals surface area contributed by atoms with E-state index >= 15 is 0 Å². The van der Waals surface area contributed by atoms with Crippen LogP contribution in [0.4, 0.5) is 17.3 Å². The van der Waals surface area contributed by atoms with Gasteiger partial charge in [-0.1, -0.05) is 24.3 Å². The first-order chi connectivity index (χ1) is 19.7. The van der Waals surface area contributed by atoms with Crippen LogP contribution < -0.4 is 24.6 Å². The van der Waals surface area contributed by atoms with Gasteiger partial charge in [-0.2, -0.15) is 0 Å². The summed E-state index contributed by atoms with van der Waals surface area (Å²) < 4.78 is 12.8. The maximum atomic E-state index is 13.0. The summed E-state index contributed by atoms with van der Waals surface area (Å²) in [5, 5.41) is 13.1. The van der Waals surface area contributed by atoms with Crippen molar-refractivity contribution >= 4 is 34.1 Å². The molecule has 1 saturated heterocycles. The number of para-hydroxylation sites is 1. The number of aromatic nitrogens is 4. The first-order valence-corrected chi connectivity index (χ1v) is 13.2. The van der Waals surface area contributed by atoms with Crippen LogP contribution in [-0.2, 0) is 11.2 Å². The molecule has 2 aromatic carbocycles. The number of carbonyl (C=O) groups excluding carboxylic acids is 1. The van der Waals surface area contributed by atoms with Crippen molar-refractivity contribution in [1.82, 2.24) is 19.7 Å². The fourth-order valence-electron chi connectivity index (χ4n) is 5.25. The van der Waals surface area contributed by atoms with Gasteiger partial charge in [-0.25, -0.2) is 4.98 Å². The van der Waals surface area contributed by atoms with Crippen LogP contribution >= 0.6 is 0 Å². The molecular weight excluding hydrogens is 506 g/mol. The molecule has 0 unspecified atom stereocenters. The fraction of sp³-hybridized carbons (Fsp3) is 0.200. The van der Waals surface area contributed by atoms with E-state index in [1.54, 1.807) is 12.1 Å². The number of carbonyl (C=O) groups is 1. The molecule has 10 heteroatoms.